The van der Waals surface area contributed by atoms with Gasteiger partial charge in [-0.25, -0.2) is 0 Å². The van der Waals surface area contributed by atoms with Crippen LogP contribution in [0.1, 0.15) is 43.2 Å². The predicted molar refractivity (Wildman–Crippen MR) is 83.2 cm³/mol. The lowest BCUT2D eigenvalue weighted by Crippen LogP contribution is -2.34. The summed E-state index contributed by atoms with van der Waals surface area (Å²) in [6.07, 6.45) is 6.86. The monoisotopic (exact) mass is 291 g/mol. The molecule has 2 atom stereocenters. The van der Waals surface area contributed by atoms with Crippen LogP contribution in [-0.2, 0) is 6.54 Å². The van der Waals surface area contributed by atoms with E-state index >= 15 is 0 Å². The second-order valence-electron chi connectivity index (χ2n) is 6.09. The molecule has 1 saturated heterocycles. The van der Waals surface area contributed by atoms with Gasteiger partial charge in [0.1, 0.15) is 5.84 Å². The van der Waals surface area contributed by atoms with Crippen molar-refractivity contribution in [2.24, 2.45) is 11.7 Å². The Hall–Kier alpha value is -1.06. The normalized spacial score (nSPS) is 26.4. The molecule has 2 unspecified atom stereocenters. The highest BCUT2D eigenvalue weighted by Gasteiger charge is 2.35. The summed E-state index contributed by atoms with van der Waals surface area (Å²) < 4.78 is 0. The molecule has 2 aliphatic rings. The van der Waals surface area contributed by atoms with Crippen LogP contribution < -0.4 is 5.73 Å². The number of nitrogen functional groups attached to an aromatic ring is 1. The molecule has 1 saturated carbocycles. The van der Waals surface area contributed by atoms with Crippen LogP contribution in [0.15, 0.2) is 18.2 Å². The molecule has 3 rings (SSSR count). The van der Waals surface area contributed by atoms with Crippen molar-refractivity contribution in [3.8, 4) is 0 Å². The first-order valence-corrected chi connectivity index (χ1v) is 7.90. The fraction of sp³-hybridized carbons (Fsp3) is 0.562. The summed E-state index contributed by atoms with van der Waals surface area (Å²) >= 11 is 6.35. The summed E-state index contributed by atoms with van der Waals surface area (Å²) in [6.45, 7) is 2.12. The minimum Gasteiger partial charge on any atom is -0.384 e. The molecule has 0 bridgehead atoms. The van der Waals surface area contributed by atoms with Gasteiger partial charge in [-0.1, -0.05) is 36.6 Å². The van der Waals surface area contributed by atoms with E-state index in [0.29, 0.717) is 5.56 Å². The zero-order chi connectivity index (χ0) is 14.1. The van der Waals surface area contributed by atoms with E-state index in [2.05, 4.69) is 4.90 Å². The number of nitrogens with one attached hydrogen (secondary N) is 1. The Bertz CT molecular complexity index is 514. The maximum Gasteiger partial charge on any atom is 0.122 e. The van der Waals surface area contributed by atoms with E-state index in [1.807, 2.05) is 18.2 Å². The lowest BCUT2D eigenvalue weighted by molar-refractivity contribution is 0.176. The number of fused-ring (bicyclic) bond motifs is 1. The molecule has 1 aliphatic heterocycles. The second-order valence-corrected chi connectivity index (χ2v) is 6.50. The number of amidine groups is 1. The molecule has 108 valence electrons. The van der Waals surface area contributed by atoms with Gasteiger partial charge in [0.2, 0.25) is 0 Å². The number of benzene rings is 1. The highest BCUT2D eigenvalue weighted by molar-refractivity contribution is 6.31. The number of hydrogen-bond acceptors (Lipinski definition) is 2. The van der Waals surface area contributed by atoms with E-state index in [1.54, 1.807) is 0 Å². The quantitative estimate of drug-likeness (QED) is 0.662. The molecule has 0 amide bonds. The van der Waals surface area contributed by atoms with Crippen LogP contribution in [0.2, 0.25) is 5.02 Å². The SMILES string of the molecule is N=C(N)c1ccc(CN2CCC3CCCCC32)c(Cl)c1. The van der Waals surface area contributed by atoms with Crippen LogP contribution >= 0.6 is 11.6 Å². The van der Waals surface area contributed by atoms with Crippen molar-refractivity contribution < 1.29 is 0 Å². The summed E-state index contributed by atoms with van der Waals surface area (Å²) in [4.78, 5) is 2.60. The lowest BCUT2D eigenvalue weighted by Gasteiger charge is -2.32. The third kappa shape index (κ3) is 2.70. The summed E-state index contributed by atoms with van der Waals surface area (Å²) in [5.41, 5.74) is 7.36. The number of hydrogen-bond donors (Lipinski definition) is 2. The van der Waals surface area contributed by atoms with Crippen LogP contribution in [0.3, 0.4) is 0 Å². The minimum absolute atomic E-state index is 0.0759. The van der Waals surface area contributed by atoms with Gasteiger partial charge in [-0.05, 0) is 43.4 Å². The highest BCUT2D eigenvalue weighted by Crippen LogP contribution is 2.37. The molecule has 2 fully saturated rings. The smallest absolute Gasteiger partial charge is 0.122 e. The van der Waals surface area contributed by atoms with Crippen molar-refractivity contribution in [1.29, 1.82) is 5.41 Å². The zero-order valence-electron chi connectivity index (χ0n) is 11.7. The maximum absolute atomic E-state index is 7.46. The number of rotatable bonds is 3. The van der Waals surface area contributed by atoms with Gasteiger partial charge < -0.3 is 5.73 Å². The van der Waals surface area contributed by atoms with Gasteiger partial charge in [-0.2, -0.15) is 0 Å². The number of likely N-dealkylation sites (tertiary alicyclic amines) is 1. The van der Waals surface area contributed by atoms with Crippen molar-refractivity contribution >= 4 is 17.4 Å². The zero-order valence-corrected chi connectivity index (χ0v) is 12.5. The molecule has 0 aromatic heterocycles. The minimum atomic E-state index is 0.0759. The molecule has 1 aliphatic carbocycles. The molecular formula is C16H22ClN3. The summed E-state index contributed by atoms with van der Waals surface area (Å²) in [5.74, 6) is 0.978. The number of nitrogens with zero attached hydrogens (tertiary/aromatic N) is 1. The van der Waals surface area contributed by atoms with E-state index in [9.17, 15) is 0 Å². The van der Waals surface area contributed by atoms with Crippen molar-refractivity contribution in [1.82, 2.24) is 4.90 Å². The van der Waals surface area contributed by atoms with Gasteiger partial charge in [0, 0.05) is 23.2 Å². The first kappa shape index (κ1) is 13.9. The Morgan fingerprint density at radius 2 is 2.10 bits per heavy atom. The van der Waals surface area contributed by atoms with Gasteiger partial charge >= 0.3 is 0 Å². The first-order valence-electron chi connectivity index (χ1n) is 7.52. The lowest BCUT2D eigenvalue weighted by atomic mass is 9.85. The van der Waals surface area contributed by atoms with Gasteiger partial charge in [0.05, 0.1) is 0 Å². The Labute approximate surface area is 125 Å². The van der Waals surface area contributed by atoms with Crippen LogP contribution in [-0.4, -0.2) is 23.3 Å². The van der Waals surface area contributed by atoms with Crippen molar-refractivity contribution in [2.45, 2.75) is 44.7 Å². The third-order valence-corrected chi connectivity index (χ3v) is 5.21. The maximum atomic E-state index is 7.46. The van der Waals surface area contributed by atoms with Crippen LogP contribution in [0.5, 0.6) is 0 Å². The molecular weight excluding hydrogens is 270 g/mol. The average molecular weight is 292 g/mol. The molecule has 4 heteroatoms. The fourth-order valence-corrected chi connectivity index (χ4v) is 4.00. The summed E-state index contributed by atoms with van der Waals surface area (Å²) in [5, 5.41) is 8.19. The molecule has 3 nitrogen and oxygen atoms in total. The van der Waals surface area contributed by atoms with Gasteiger partial charge in [0.15, 0.2) is 0 Å². The van der Waals surface area contributed by atoms with Crippen molar-refractivity contribution in [3.63, 3.8) is 0 Å². The number of halogens is 1. The Morgan fingerprint density at radius 3 is 2.85 bits per heavy atom. The fourth-order valence-electron chi connectivity index (χ4n) is 3.76. The molecule has 1 aromatic carbocycles. The van der Waals surface area contributed by atoms with Crippen LogP contribution in [0, 0.1) is 11.3 Å². The highest BCUT2D eigenvalue weighted by atomic mass is 35.5. The molecule has 1 aromatic rings. The van der Waals surface area contributed by atoms with Crippen LogP contribution in [0.4, 0.5) is 0 Å². The molecule has 20 heavy (non-hydrogen) atoms. The van der Waals surface area contributed by atoms with Gasteiger partial charge in [0.25, 0.3) is 0 Å². The van der Waals surface area contributed by atoms with E-state index in [-0.39, 0.29) is 5.84 Å². The average Bonchev–Trinajstić information content (AvgIpc) is 2.84. The largest absolute Gasteiger partial charge is 0.384 e. The molecule has 0 spiro atoms. The van der Waals surface area contributed by atoms with E-state index in [1.165, 1.54) is 38.6 Å². The standard InChI is InChI=1S/C16H22ClN3/c17-14-9-12(16(18)19)5-6-13(14)10-20-8-7-11-3-1-2-4-15(11)20/h5-6,9,11,15H,1-4,7-8,10H2,(H3,18,19). The Balaban J connectivity index is 1.73. The van der Waals surface area contributed by atoms with Crippen LogP contribution in [0.25, 0.3) is 0 Å². The van der Waals surface area contributed by atoms with E-state index < -0.39 is 0 Å². The molecule has 3 N–H and O–H groups in total. The summed E-state index contributed by atoms with van der Waals surface area (Å²) in [6, 6.07) is 6.49. The Kier molecular flexibility index (Phi) is 3.99. The third-order valence-electron chi connectivity index (χ3n) is 4.86. The molecule has 1 heterocycles. The van der Waals surface area contributed by atoms with Gasteiger partial charge in [-0.3, -0.25) is 10.3 Å². The summed E-state index contributed by atoms with van der Waals surface area (Å²) in [7, 11) is 0. The van der Waals surface area contributed by atoms with E-state index in [0.717, 1.165) is 29.1 Å². The first-order chi connectivity index (χ1) is 9.65. The van der Waals surface area contributed by atoms with Gasteiger partial charge in [-0.15, -0.1) is 0 Å². The Morgan fingerprint density at radius 1 is 1.30 bits per heavy atom. The predicted octanol–water partition coefficient (Wildman–Crippen LogP) is 3.39. The van der Waals surface area contributed by atoms with E-state index in [4.69, 9.17) is 22.7 Å². The topological polar surface area (TPSA) is 53.1 Å². The molecule has 0 radical (unpaired) electrons. The van der Waals surface area contributed by atoms with Crippen molar-refractivity contribution in [3.05, 3.63) is 34.3 Å². The second kappa shape index (κ2) is 5.74. The number of nitrogens with two attached hydrogens (primary N) is 1. The van der Waals surface area contributed by atoms with Crippen molar-refractivity contribution in [2.75, 3.05) is 6.54 Å².